The van der Waals surface area contributed by atoms with Crippen molar-refractivity contribution in [2.75, 3.05) is 44.9 Å². The van der Waals surface area contributed by atoms with Gasteiger partial charge in [-0.2, -0.15) is 0 Å². The lowest BCUT2D eigenvalue weighted by atomic mass is 9.99. The number of halogens is 1. The van der Waals surface area contributed by atoms with E-state index in [2.05, 4.69) is 20.6 Å². The van der Waals surface area contributed by atoms with E-state index in [-0.39, 0.29) is 11.8 Å². The summed E-state index contributed by atoms with van der Waals surface area (Å²) in [6, 6.07) is 16.9. The minimum absolute atomic E-state index is 0.0730. The van der Waals surface area contributed by atoms with Gasteiger partial charge < -0.3 is 20.4 Å². The molecule has 2 N–H and O–H groups in total. The normalized spacial score (nSPS) is 13.9. The first-order valence-electron chi connectivity index (χ1n) is 12.1. The SMILES string of the molecule is CN(C)CCN(C)C(=O)c1ccc(NC(=C2C(=O)Nc3cc(F)ccc32)c2ccc3nccnc3c2)cc1. The summed E-state index contributed by atoms with van der Waals surface area (Å²) in [6.07, 6.45) is 3.23. The highest BCUT2D eigenvalue weighted by Crippen LogP contribution is 2.38. The Balaban J connectivity index is 1.53. The van der Waals surface area contributed by atoms with Gasteiger partial charge in [0.2, 0.25) is 0 Å². The molecule has 2 heterocycles. The molecular weight excluding hydrogens is 483 g/mol. The number of hydrogen-bond donors (Lipinski definition) is 2. The highest BCUT2D eigenvalue weighted by Gasteiger charge is 2.29. The van der Waals surface area contributed by atoms with Gasteiger partial charge in [-0.15, -0.1) is 0 Å². The minimum Gasteiger partial charge on any atom is -0.354 e. The number of hydrogen-bond acceptors (Lipinski definition) is 6. The molecule has 0 bridgehead atoms. The Labute approximate surface area is 219 Å². The molecule has 0 spiro atoms. The van der Waals surface area contributed by atoms with Crippen molar-refractivity contribution in [2.24, 2.45) is 0 Å². The van der Waals surface area contributed by atoms with Crippen LogP contribution in [0.4, 0.5) is 15.8 Å². The molecule has 4 aromatic rings. The summed E-state index contributed by atoms with van der Waals surface area (Å²) in [5, 5.41) is 6.13. The number of fused-ring (bicyclic) bond motifs is 2. The van der Waals surface area contributed by atoms with Crippen LogP contribution in [-0.2, 0) is 4.79 Å². The standard InChI is InChI=1S/C29H27FN6O2/c1-35(2)14-15-36(3)29(38)18-4-8-21(9-5-18)33-27(19-6-11-23-25(16-19)32-13-12-31-23)26-22-10-7-20(30)17-24(22)34-28(26)37/h4-13,16-17,33H,14-15H2,1-3H3,(H,34,37). The van der Waals surface area contributed by atoms with Crippen LogP contribution < -0.4 is 10.6 Å². The van der Waals surface area contributed by atoms with Crippen LogP contribution in [0.5, 0.6) is 0 Å². The van der Waals surface area contributed by atoms with E-state index in [1.807, 2.05) is 37.2 Å². The third kappa shape index (κ3) is 5.09. The molecule has 0 atom stereocenters. The predicted octanol–water partition coefficient (Wildman–Crippen LogP) is 4.34. The number of likely N-dealkylation sites (N-methyl/N-ethyl adjacent to an activating group) is 2. The molecule has 0 saturated carbocycles. The fraction of sp³-hybridized carbons (Fsp3) is 0.172. The molecule has 0 radical (unpaired) electrons. The summed E-state index contributed by atoms with van der Waals surface area (Å²) in [5.41, 5.74) is 5.26. The Kier molecular flexibility index (Phi) is 6.85. The molecule has 1 aliphatic heterocycles. The minimum atomic E-state index is -0.434. The summed E-state index contributed by atoms with van der Waals surface area (Å²) in [4.78, 5) is 38.4. The zero-order valence-electron chi connectivity index (χ0n) is 21.3. The lowest BCUT2D eigenvalue weighted by Gasteiger charge is -2.20. The largest absolute Gasteiger partial charge is 0.354 e. The third-order valence-electron chi connectivity index (χ3n) is 6.36. The molecule has 0 saturated heterocycles. The van der Waals surface area contributed by atoms with E-state index in [1.54, 1.807) is 54.7 Å². The second-order valence-corrected chi connectivity index (χ2v) is 9.39. The lowest BCUT2D eigenvalue weighted by Crippen LogP contribution is -2.33. The van der Waals surface area contributed by atoms with Crippen LogP contribution in [0.25, 0.3) is 22.3 Å². The van der Waals surface area contributed by atoms with Crippen LogP contribution in [0.2, 0.25) is 0 Å². The molecule has 9 heteroatoms. The topological polar surface area (TPSA) is 90.5 Å². The summed E-state index contributed by atoms with van der Waals surface area (Å²) < 4.78 is 13.9. The van der Waals surface area contributed by atoms with Gasteiger partial charge in [-0.25, -0.2) is 4.39 Å². The van der Waals surface area contributed by atoms with Gasteiger partial charge in [-0.05, 0) is 68.7 Å². The number of anilines is 2. The summed E-state index contributed by atoms with van der Waals surface area (Å²) in [6.45, 7) is 1.38. The number of carbonyl (C=O) groups excluding carboxylic acids is 2. The quantitative estimate of drug-likeness (QED) is 0.360. The van der Waals surface area contributed by atoms with Crippen LogP contribution in [0.1, 0.15) is 21.5 Å². The van der Waals surface area contributed by atoms with Gasteiger partial charge in [0.15, 0.2) is 0 Å². The Morgan fingerprint density at radius 3 is 2.34 bits per heavy atom. The van der Waals surface area contributed by atoms with Crippen LogP contribution in [0, 0.1) is 5.82 Å². The molecule has 1 aromatic heterocycles. The number of amides is 2. The van der Waals surface area contributed by atoms with Crippen LogP contribution >= 0.6 is 0 Å². The van der Waals surface area contributed by atoms with E-state index in [9.17, 15) is 14.0 Å². The first-order chi connectivity index (χ1) is 18.3. The summed E-state index contributed by atoms with van der Waals surface area (Å²) >= 11 is 0. The van der Waals surface area contributed by atoms with Crippen LogP contribution in [0.15, 0.2) is 73.1 Å². The second kappa shape index (κ2) is 10.4. The van der Waals surface area contributed by atoms with E-state index in [0.717, 1.165) is 12.1 Å². The van der Waals surface area contributed by atoms with Crippen molar-refractivity contribution in [3.05, 3.63) is 95.6 Å². The van der Waals surface area contributed by atoms with E-state index in [4.69, 9.17) is 0 Å². The zero-order valence-corrected chi connectivity index (χ0v) is 21.3. The van der Waals surface area contributed by atoms with Crippen molar-refractivity contribution < 1.29 is 14.0 Å². The highest BCUT2D eigenvalue weighted by atomic mass is 19.1. The van der Waals surface area contributed by atoms with Gasteiger partial charge in [-0.1, -0.05) is 6.07 Å². The van der Waals surface area contributed by atoms with Gasteiger partial charge in [0.1, 0.15) is 5.82 Å². The second-order valence-electron chi connectivity index (χ2n) is 9.39. The molecule has 1 aliphatic rings. The molecule has 0 unspecified atom stereocenters. The van der Waals surface area contributed by atoms with Crippen molar-refractivity contribution in [3.63, 3.8) is 0 Å². The highest BCUT2D eigenvalue weighted by molar-refractivity contribution is 6.37. The smallest absolute Gasteiger partial charge is 0.258 e. The number of nitrogens with one attached hydrogen (secondary N) is 2. The first kappa shape index (κ1) is 25.0. The van der Waals surface area contributed by atoms with Gasteiger partial charge >= 0.3 is 0 Å². The fourth-order valence-corrected chi connectivity index (χ4v) is 4.30. The van der Waals surface area contributed by atoms with Crippen molar-refractivity contribution in [2.45, 2.75) is 0 Å². The maximum absolute atomic E-state index is 13.9. The molecule has 192 valence electrons. The maximum Gasteiger partial charge on any atom is 0.258 e. The molecule has 3 aromatic carbocycles. The number of rotatable bonds is 7. The maximum atomic E-state index is 13.9. The van der Waals surface area contributed by atoms with Gasteiger partial charge in [0.25, 0.3) is 11.8 Å². The van der Waals surface area contributed by atoms with Crippen molar-refractivity contribution in [3.8, 4) is 0 Å². The number of carbonyl (C=O) groups is 2. The molecule has 38 heavy (non-hydrogen) atoms. The van der Waals surface area contributed by atoms with Gasteiger partial charge in [0, 0.05) is 54.9 Å². The fourth-order valence-electron chi connectivity index (χ4n) is 4.30. The Hall–Kier alpha value is -4.63. The van der Waals surface area contributed by atoms with Crippen molar-refractivity contribution >= 4 is 45.5 Å². The van der Waals surface area contributed by atoms with Crippen molar-refractivity contribution in [1.29, 1.82) is 0 Å². The molecule has 0 fully saturated rings. The van der Waals surface area contributed by atoms with Crippen molar-refractivity contribution in [1.82, 2.24) is 19.8 Å². The number of nitrogens with zero attached hydrogens (tertiary/aromatic N) is 4. The average molecular weight is 511 g/mol. The van der Waals surface area contributed by atoms with Gasteiger partial charge in [-0.3, -0.25) is 19.6 Å². The molecular formula is C29H27FN6O2. The van der Waals surface area contributed by atoms with E-state index >= 15 is 0 Å². The molecule has 5 rings (SSSR count). The molecule has 0 aliphatic carbocycles. The lowest BCUT2D eigenvalue weighted by molar-refractivity contribution is -0.110. The first-order valence-corrected chi connectivity index (χ1v) is 12.1. The van der Waals surface area contributed by atoms with Gasteiger partial charge in [0.05, 0.1) is 28.0 Å². The van der Waals surface area contributed by atoms with E-state index in [1.165, 1.54) is 12.1 Å². The van der Waals surface area contributed by atoms with Crippen LogP contribution in [-0.4, -0.2) is 65.8 Å². The molecule has 2 amide bonds. The number of benzene rings is 3. The Morgan fingerprint density at radius 1 is 0.895 bits per heavy atom. The van der Waals surface area contributed by atoms with E-state index < -0.39 is 5.82 Å². The zero-order chi connectivity index (χ0) is 26.8. The Bertz CT molecular complexity index is 1570. The van der Waals surface area contributed by atoms with E-state index in [0.29, 0.717) is 51.4 Å². The van der Waals surface area contributed by atoms with Crippen LogP contribution in [0.3, 0.4) is 0 Å². The number of aromatic nitrogens is 2. The average Bonchev–Trinajstić information content (AvgIpc) is 3.24. The monoisotopic (exact) mass is 510 g/mol. The third-order valence-corrected chi connectivity index (χ3v) is 6.36. The summed E-state index contributed by atoms with van der Waals surface area (Å²) in [5.74, 6) is -0.852. The molecule has 8 nitrogen and oxygen atoms in total. The summed E-state index contributed by atoms with van der Waals surface area (Å²) in [7, 11) is 5.71. The predicted molar refractivity (Wildman–Crippen MR) is 147 cm³/mol. The Morgan fingerprint density at radius 2 is 1.61 bits per heavy atom.